The summed E-state index contributed by atoms with van der Waals surface area (Å²) in [6, 6.07) is 12.4. The molecule has 2 N–H and O–H groups in total. The largest absolute Gasteiger partial charge is 0.478 e. The van der Waals surface area contributed by atoms with Crippen molar-refractivity contribution >= 4 is 23.2 Å². The average molecular weight is 300 g/mol. The third-order valence-electron chi connectivity index (χ3n) is 3.21. The van der Waals surface area contributed by atoms with Crippen molar-refractivity contribution in [3.63, 3.8) is 0 Å². The van der Waals surface area contributed by atoms with Gasteiger partial charge in [0, 0.05) is 5.69 Å². The Morgan fingerprint density at radius 3 is 2.68 bits per heavy atom. The second-order valence-electron chi connectivity index (χ2n) is 4.85. The van der Waals surface area contributed by atoms with Crippen LogP contribution in [0.15, 0.2) is 48.5 Å². The summed E-state index contributed by atoms with van der Waals surface area (Å²) >= 11 is 0. The van der Waals surface area contributed by atoms with Crippen molar-refractivity contribution in [1.82, 2.24) is 0 Å². The first kappa shape index (κ1) is 14.1. The number of benzene rings is 2. The highest BCUT2D eigenvalue weighted by molar-refractivity contribution is 6.01. The summed E-state index contributed by atoms with van der Waals surface area (Å²) in [7, 11) is 0. The summed E-state index contributed by atoms with van der Waals surface area (Å²) in [4.78, 5) is 23.9. The zero-order valence-electron chi connectivity index (χ0n) is 11.5. The molecule has 22 heavy (non-hydrogen) atoms. The molecule has 2 amide bonds. The minimum Gasteiger partial charge on any atom is -0.478 e. The lowest BCUT2D eigenvalue weighted by molar-refractivity contribution is -0.128. The Morgan fingerprint density at radius 1 is 1.18 bits per heavy atom. The molecule has 3 rings (SSSR count). The van der Waals surface area contributed by atoms with E-state index in [1.54, 1.807) is 24.3 Å². The maximum atomic E-state index is 12.8. The zero-order chi connectivity index (χ0) is 15.5. The molecule has 6 heteroatoms. The van der Waals surface area contributed by atoms with Crippen LogP contribution in [0.1, 0.15) is 6.42 Å². The number of para-hydroxylation sites is 2. The van der Waals surface area contributed by atoms with E-state index in [0.29, 0.717) is 17.1 Å². The van der Waals surface area contributed by atoms with Gasteiger partial charge in [0.05, 0.1) is 12.1 Å². The number of hydrogen-bond donors (Lipinski definition) is 2. The molecular formula is C16H13FN2O3. The highest BCUT2D eigenvalue weighted by Gasteiger charge is 2.29. The number of nitrogens with one attached hydrogen (secondary N) is 2. The van der Waals surface area contributed by atoms with E-state index in [2.05, 4.69) is 10.6 Å². The molecule has 0 unspecified atom stereocenters. The third kappa shape index (κ3) is 3.06. The number of carbonyl (C=O) groups excluding carboxylic acids is 2. The first-order valence-corrected chi connectivity index (χ1v) is 6.74. The van der Waals surface area contributed by atoms with Crippen molar-refractivity contribution in [2.75, 3.05) is 10.6 Å². The van der Waals surface area contributed by atoms with E-state index in [1.807, 2.05) is 0 Å². The molecule has 1 atom stereocenters. The molecule has 2 aromatic rings. The molecule has 1 aliphatic rings. The first-order valence-electron chi connectivity index (χ1n) is 6.74. The molecular weight excluding hydrogens is 287 g/mol. The van der Waals surface area contributed by atoms with Gasteiger partial charge in [-0.15, -0.1) is 0 Å². The van der Waals surface area contributed by atoms with Gasteiger partial charge in [0.1, 0.15) is 11.6 Å². The van der Waals surface area contributed by atoms with Crippen molar-refractivity contribution in [1.29, 1.82) is 0 Å². The molecule has 5 nitrogen and oxygen atoms in total. The summed E-state index contributed by atoms with van der Waals surface area (Å²) < 4.78 is 18.3. The van der Waals surface area contributed by atoms with Gasteiger partial charge >= 0.3 is 0 Å². The molecule has 0 fully saturated rings. The lowest BCUT2D eigenvalue weighted by Crippen LogP contribution is -2.39. The molecule has 0 aromatic heterocycles. The summed E-state index contributed by atoms with van der Waals surface area (Å²) in [5, 5.41) is 5.29. The molecule has 2 aromatic carbocycles. The van der Waals surface area contributed by atoms with E-state index in [4.69, 9.17) is 4.74 Å². The Labute approximate surface area is 126 Å². The lowest BCUT2D eigenvalue weighted by Gasteiger charge is -2.25. The summed E-state index contributed by atoms with van der Waals surface area (Å²) in [6.45, 7) is 0. The number of fused-ring (bicyclic) bond motifs is 1. The molecule has 0 radical (unpaired) electrons. The van der Waals surface area contributed by atoms with E-state index in [0.717, 1.165) is 0 Å². The van der Waals surface area contributed by atoms with Gasteiger partial charge in [-0.3, -0.25) is 9.59 Å². The van der Waals surface area contributed by atoms with Gasteiger partial charge in [-0.2, -0.15) is 0 Å². The lowest BCUT2D eigenvalue weighted by atomic mass is 10.1. The second kappa shape index (κ2) is 5.85. The van der Waals surface area contributed by atoms with Crippen LogP contribution < -0.4 is 15.4 Å². The minimum atomic E-state index is -0.893. The van der Waals surface area contributed by atoms with E-state index in [1.165, 1.54) is 24.3 Å². The van der Waals surface area contributed by atoms with Crippen molar-refractivity contribution in [2.24, 2.45) is 0 Å². The summed E-state index contributed by atoms with van der Waals surface area (Å²) in [5.74, 6) is -0.606. The van der Waals surface area contributed by atoms with Crippen molar-refractivity contribution in [3.05, 3.63) is 54.3 Å². The quantitative estimate of drug-likeness (QED) is 0.915. The molecule has 0 saturated carbocycles. The third-order valence-corrected chi connectivity index (χ3v) is 3.21. The fourth-order valence-corrected chi connectivity index (χ4v) is 2.14. The number of carbonyl (C=O) groups is 2. The van der Waals surface area contributed by atoms with E-state index < -0.39 is 6.10 Å². The number of halogens is 1. The Bertz CT molecular complexity index is 716. The highest BCUT2D eigenvalue weighted by Crippen LogP contribution is 2.29. The van der Waals surface area contributed by atoms with Crippen molar-refractivity contribution in [3.8, 4) is 5.75 Å². The van der Waals surface area contributed by atoms with Gasteiger partial charge in [0.15, 0.2) is 6.10 Å². The summed E-state index contributed by atoms with van der Waals surface area (Å²) in [5.41, 5.74) is 1.05. The number of anilines is 2. The van der Waals surface area contributed by atoms with Gasteiger partial charge in [0.2, 0.25) is 5.91 Å². The maximum absolute atomic E-state index is 12.8. The van der Waals surface area contributed by atoms with Crippen LogP contribution in [0.25, 0.3) is 0 Å². The van der Waals surface area contributed by atoms with Gasteiger partial charge in [-0.1, -0.05) is 12.1 Å². The van der Waals surface area contributed by atoms with Crippen molar-refractivity contribution < 1.29 is 18.7 Å². The molecule has 0 aliphatic carbocycles. The Kier molecular flexibility index (Phi) is 3.74. The fraction of sp³-hybridized carbons (Fsp3) is 0.125. The molecule has 1 aliphatic heterocycles. The Balaban J connectivity index is 1.64. The molecule has 112 valence electrons. The van der Waals surface area contributed by atoms with Crippen LogP contribution in [0.4, 0.5) is 15.8 Å². The number of rotatable bonds is 3. The Hall–Kier alpha value is -2.89. The monoisotopic (exact) mass is 300 g/mol. The first-order chi connectivity index (χ1) is 10.6. The van der Waals surface area contributed by atoms with Crippen LogP contribution in [0.5, 0.6) is 5.75 Å². The normalized spacial score (nSPS) is 16.2. The van der Waals surface area contributed by atoms with E-state index in [-0.39, 0.29) is 24.1 Å². The van der Waals surface area contributed by atoms with Gasteiger partial charge in [0.25, 0.3) is 5.91 Å². The number of amides is 2. The predicted octanol–water partition coefficient (Wildman–Crippen LogP) is 2.55. The van der Waals surface area contributed by atoms with Crippen LogP contribution in [0.3, 0.4) is 0 Å². The Morgan fingerprint density at radius 2 is 1.91 bits per heavy atom. The van der Waals surface area contributed by atoms with E-state index in [9.17, 15) is 14.0 Å². The number of ether oxygens (including phenoxy) is 1. The average Bonchev–Trinajstić information content (AvgIpc) is 2.50. The van der Waals surface area contributed by atoms with Crippen molar-refractivity contribution in [2.45, 2.75) is 12.5 Å². The predicted molar refractivity (Wildman–Crippen MR) is 79.1 cm³/mol. The molecule has 0 saturated heterocycles. The van der Waals surface area contributed by atoms with Gasteiger partial charge in [-0.05, 0) is 36.4 Å². The topological polar surface area (TPSA) is 67.4 Å². The molecule has 0 spiro atoms. The minimum absolute atomic E-state index is 0.127. The molecule has 0 bridgehead atoms. The standard InChI is InChI=1S/C16H13FN2O3/c17-10-5-7-11(8-6-10)18-15(20)9-14-16(21)19-12-3-1-2-4-13(12)22-14/h1-8,14H,9H2,(H,18,20)(H,19,21)/t14-/m1/s1. The van der Waals surface area contributed by atoms with Crippen LogP contribution in [-0.2, 0) is 9.59 Å². The van der Waals surface area contributed by atoms with Crippen LogP contribution in [-0.4, -0.2) is 17.9 Å². The SMILES string of the molecule is O=C(C[C@H]1Oc2ccccc2NC1=O)Nc1ccc(F)cc1. The summed E-state index contributed by atoms with van der Waals surface area (Å²) in [6.07, 6.45) is -1.02. The molecule has 1 heterocycles. The van der Waals surface area contributed by atoms with Gasteiger partial charge in [-0.25, -0.2) is 4.39 Å². The number of hydrogen-bond acceptors (Lipinski definition) is 3. The van der Waals surface area contributed by atoms with Gasteiger partial charge < -0.3 is 15.4 Å². The van der Waals surface area contributed by atoms with Crippen LogP contribution in [0.2, 0.25) is 0 Å². The fourth-order valence-electron chi connectivity index (χ4n) is 2.14. The maximum Gasteiger partial charge on any atom is 0.266 e. The van der Waals surface area contributed by atoms with E-state index >= 15 is 0 Å². The van der Waals surface area contributed by atoms with Crippen LogP contribution >= 0.6 is 0 Å². The zero-order valence-corrected chi connectivity index (χ0v) is 11.5. The second-order valence-corrected chi connectivity index (χ2v) is 4.85. The van der Waals surface area contributed by atoms with Crippen LogP contribution in [0, 0.1) is 5.82 Å². The highest BCUT2D eigenvalue weighted by atomic mass is 19.1. The smallest absolute Gasteiger partial charge is 0.266 e.